The normalized spacial score (nSPS) is 10.6. The van der Waals surface area contributed by atoms with E-state index in [-0.39, 0.29) is 24.2 Å². The molecule has 0 aromatic heterocycles. The summed E-state index contributed by atoms with van der Waals surface area (Å²) in [6.07, 6.45) is 1.53. The fourth-order valence-electron chi connectivity index (χ4n) is 2.13. The zero-order chi connectivity index (χ0) is 16.0. The molecular formula is C16H26ClN3O2. The maximum Gasteiger partial charge on any atom is 0.253 e. The van der Waals surface area contributed by atoms with E-state index < -0.39 is 5.54 Å². The first-order valence-electron chi connectivity index (χ1n) is 7.23. The van der Waals surface area contributed by atoms with Gasteiger partial charge < -0.3 is 16.0 Å². The van der Waals surface area contributed by atoms with Gasteiger partial charge in [-0.25, -0.2) is 0 Å². The Bertz CT molecular complexity index is 506. The van der Waals surface area contributed by atoms with Gasteiger partial charge in [0.05, 0.1) is 5.54 Å². The van der Waals surface area contributed by atoms with Crippen LogP contribution in [0.5, 0.6) is 0 Å². The highest BCUT2D eigenvalue weighted by molar-refractivity contribution is 5.99. The molecule has 0 spiro atoms. The molecule has 1 aromatic rings. The Morgan fingerprint density at radius 1 is 1.18 bits per heavy atom. The molecule has 0 radical (unpaired) electrons. The molecule has 0 atom stereocenters. The maximum atomic E-state index is 12.4. The van der Waals surface area contributed by atoms with Gasteiger partial charge in [0.1, 0.15) is 0 Å². The monoisotopic (exact) mass is 327 g/mol. The van der Waals surface area contributed by atoms with Gasteiger partial charge in [-0.3, -0.25) is 9.59 Å². The van der Waals surface area contributed by atoms with Crippen LogP contribution in [0.3, 0.4) is 0 Å². The van der Waals surface area contributed by atoms with Crippen LogP contribution in [0.25, 0.3) is 0 Å². The average molecular weight is 328 g/mol. The van der Waals surface area contributed by atoms with Gasteiger partial charge in [-0.2, -0.15) is 0 Å². The van der Waals surface area contributed by atoms with Crippen LogP contribution in [0.2, 0.25) is 0 Å². The molecule has 0 aliphatic heterocycles. The van der Waals surface area contributed by atoms with Crippen molar-refractivity contribution in [1.82, 2.24) is 10.2 Å². The number of nitrogens with two attached hydrogens (primary N) is 1. The first kappa shape index (κ1) is 20.4. The molecule has 124 valence electrons. The minimum absolute atomic E-state index is 0. The van der Waals surface area contributed by atoms with Crippen molar-refractivity contribution in [2.45, 2.75) is 32.2 Å². The van der Waals surface area contributed by atoms with E-state index in [1.165, 1.54) is 4.90 Å². The minimum Gasteiger partial charge on any atom is -0.345 e. The molecule has 0 unspecified atom stereocenters. The van der Waals surface area contributed by atoms with E-state index in [0.29, 0.717) is 17.7 Å². The summed E-state index contributed by atoms with van der Waals surface area (Å²) in [6, 6.07) is 6.74. The highest BCUT2D eigenvalue weighted by Crippen LogP contribution is 2.15. The second kappa shape index (κ2) is 8.76. The SMILES string of the molecule is CCC(CC)(CN)NC(=O)c1cccc(C(=O)N(C)C)c1.Cl. The third-order valence-corrected chi connectivity index (χ3v) is 3.90. The number of halogens is 1. The number of rotatable bonds is 6. The topological polar surface area (TPSA) is 75.4 Å². The second-order valence-electron chi connectivity index (χ2n) is 5.43. The van der Waals surface area contributed by atoms with E-state index in [1.807, 2.05) is 13.8 Å². The summed E-state index contributed by atoms with van der Waals surface area (Å²) in [5, 5.41) is 3.00. The fourth-order valence-corrected chi connectivity index (χ4v) is 2.13. The molecule has 0 saturated carbocycles. The number of carbonyl (C=O) groups is 2. The van der Waals surface area contributed by atoms with Crippen LogP contribution in [0.1, 0.15) is 47.4 Å². The summed E-state index contributed by atoms with van der Waals surface area (Å²) in [5.74, 6) is -0.321. The zero-order valence-corrected chi connectivity index (χ0v) is 14.5. The summed E-state index contributed by atoms with van der Waals surface area (Å²) in [6.45, 7) is 4.40. The molecule has 5 nitrogen and oxygen atoms in total. The van der Waals surface area contributed by atoms with E-state index in [4.69, 9.17) is 5.73 Å². The van der Waals surface area contributed by atoms with Gasteiger partial charge in [-0.1, -0.05) is 19.9 Å². The van der Waals surface area contributed by atoms with Crippen LogP contribution in [-0.2, 0) is 0 Å². The Kier molecular flexibility index (Phi) is 8.12. The Hall–Kier alpha value is -1.59. The number of nitrogens with zero attached hydrogens (tertiary/aromatic N) is 1. The van der Waals surface area contributed by atoms with Crippen LogP contribution in [0.15, 0.2) is 24.3 Å². The number of amides is 2. The Balaban J connectivity index is 0.00000441. The smallest absolute Gasteiger partial charge is 0.253 e. The van der Waals surface area contributed by atoms with Crippen LogP contribution in [0.4, 0.5) is 0 Å². The molecule has 0 bridgehead atoms. The van der Waals surface area contributed by atoms with Gasteiger partial charge in [0.25, 0.3) is 11.8 Å². The first-order chi connectivity index (χ1) is 9.89. The number of benzene rings is 1. The van der Waals surface area contributed by atoms with Crippen molar-refractivity contribution in [2.75, 3.05) is 20.6 Å². The standard InChI is InChI=1S/C16H25N3O2.ClH/c1-5-16(6-2,11-17)18-14(20)12-8-7-9-13(10-12)15(21)19(3)4;/h7-10H,5-6,11,17H2,1-4H3,(H,18,20);1H. The molecule has 22 heavy (non-hydrogen) atoms. The Morgan fingerprint density at radius 2 is 1.73 bits per heavy atom. The molecule has 6 heteroatoms. The van der Waals surface area contributed by atoms with Crippen molar-refractivity contribution in [2.24, 2.45) is 5.73 Å². The lowest BCUT2D eigenvalue weighted by atomic mass is 9.92. The number of carbonyl (C=O) groups excluding carboxylic acids is 2. The summed E-state index contributed by atoms with van der Waals surface area (Å²) in [7, 11) is 3.37. The molecular weight excluding hydrogens is 302 g/mol. The van der Waals surface area contributed by atoms with Crippen molar-refractivity contribution in [3.05, 3.63) is 35.4 Å². The van der Waals surface area contributed by atoms with Crippen molar-refractivity contribution in [3.63, 3.8) is 0 Å². The molecule has 0 aliphatic rings. The maximum absolute atomic E-state index is 12.4. The predicted octanol–water partition coefficient (Wildman–Crippen LogP) is 2.06. The summed E-state index contributed by atoms with van der Waals surface area (Å²) < 4.78 is 0. The molecule has 1 rings (SSSR count). The van der Waals surface area contributed by atoms with Crippen molar-refractivity contribution in [1.29, 1.82) is 0 Å². The van der Waals surface area contributed by atoms with Crippen molar-refractivity contribution < 1.29 is 9.59 Å². The summed E-state index contributed by atoms with van der Waals surface area (Å²) >= 11 is 0. The van der Waals surface area contributed by atoms with Gasteiger partial charge in [0, 0.05) is 31.8 Å². The van der Waals surface area contributed by atoms with Crippen LogP contribution in [0, 0.1) is 0 Å². The molecule has 2 amide bonds. The summed E-state index contributed by atoms with van der Waals surface area (Å²) in [5.41, 5.74) is 6.38. The third kappa shape index (κ3) is 4.71. The third-order valence-electron chi connectivity index (χ3n) is 3.90. The second-order valence-corrected chi connectivity index (χ2v) is 5.43. The van der Waals surface area contributed by atoms with Crippen LogP contribution in [-0.4, -0.2) is 42.9 Å². The van der Waals surface area contributed by atoms with E-state index in [1.54, 1.807) is 38.4 Å². The van der Waals surface area contributed by atoms with Gasteiger partial charge in [0.2, 0.25) is 0 Å². The fraction of sp³-hybridized carbons (Fsp3) is 0.500. The molecule has 0 heterocycles. The van der Waals surface area contributed by atoms with Gasteiger partial charge in [0.15, 0.2) is 0 Å². The Morgan fingerprint density at radius 3 is 2.18 bits per heavy atom. The average Bonchev–Trinajstić information content (AvgIpc) is 2.51. The lowest BCUT2D eigenvalue weighted by molar-refractivity contribution is 0.0827. The molecule has 3 N–H and O–H groups in total. The van der Waals surface area contributed by atoms with E-state index in [9.17, 15) is 9.59 Å². The van der Waals surface area contributed by atoms with Crippen LogP contribution < -0.4 is 11.1 Å². The van der Waals surface area contributed by atoms with E-state index >= 15 is 0 Å². The first-order valence-corrected chi connectivity index (χ1v) is 7.23. The lowest BCUT2D eigenvalue weighted by Crippen LogP contribution is -2.52. The van der Waals surface area contributed by atoms with E-state index in [2.05, 4.69) is 5.32 Å². The van der Waals surface area contributed by atoms with E-state index in [0.717, 1.165) is 12.8 Å². The largest absolute Gasteiger partial charge is 0.345 e. The quantitative estimate of drug-likeness (QED) is 0.839. The highest BCUT2D eigenvalue weighted by Gasteiger charge is 2.27. The number of hydrogen-bond acceptors (Lipinski definition) is 3. The minimum atomic E-state index is -0.390. The number of hydrogen-bond donors (Lipinski definition) is 2. The molecule has 0 fully saturated rings. The van der Waals surface area contributed by atoms with Crippen LogP contribution >= 0.6 is 12.4 Å². The molecule has 0 saturated heterocycles. The number of nitrogens with one attached hydrogen (secondary N) is 1. The lowest BCUT2D eigenvalue weighted by Gasteiger charge is -2.31. The van der Waals surface area contributed by atoms with Gasteiger partial charge >= 0.3 is 0 Å². The van der Waals surface area contributed by atoms with Gasteiger partial charge in [-0.05, 0) is 31.0 Å². The van der Waals surface area contributed by atoms with Crippen molar-refractivity contribution >= 4 is 24.2 Å². The molecule has 0 aliphatic carbocycles. The Labute approximate surface area is 138 Å². The highest BCUT2D eigenvalue weighted by atomic mass is 35.5. The summed E-state index contributed by atoms with van der Waals surface area (Å²) in [4.78, 5) is 25.8. The zero-order valence-electron chi connectivity index (χ0n) is 13.7. The van der Waals surface area contributed by atoms with Gasteiger partial charge in [-0.15, -0.1) is 12.4 Å². The predicted molar refractivity (Wildman–Crippen MR) is 91.5 cm³/mol. The van der Waals surface area contributed by atoms with Crippen molar-refractivity contribution in [3.8, 4) is 0 Å². The molecule has 1 aromatic carbocycles.